The molecule has 2 aromatic heterocycles. The van der Waals surface area contributed by atoms with Crippen molar-refractivity contribution in [1.29, 1.82) is 0 Å². The van der Waals surface area contributed by atoms with Crippen LogP contribution in [-0.2, 0) is 10.0 Å². The summed E-state index contributed by atoms with van der Waals surface area (Å²) in [6, 6.07) is 9.12. The number of fused-ring (bicyclic) bond motifs is 1. The van der Waals surface area contributed by atoms with Gasteiger partial charge in [0.05, 0.1) is 16.8 Å². The van der Waals surface area contributed by atoms with Crippen molar-refractivity contribution >= 4 is 21.4 Å². The van der Waals surface area contributed by atoms with Gasteiger partial charge < -0.3 is 4.90 Å². The third-order valence-corrected chi connectivity index (χ3v) is 6.85. The molecule has 1 fully saturated rings. The minimum Gasteiger partial charge on any atom is -0.367 e. The van der Waals surface area contributed by atoms with Gasteiger partial charge in [0, 0.05) is 32.2 Å². The van der Waals surface area contributed by atoms with Crippen molar-refractivity contribution in [3.8, 4) is 0 Å². The number of hydrogen-bond acceptors (Lipinski definition) is 6. The first-order chi connectivity index (χ1) is 12.9. The Morgan fingerprint density at radius 3 is 2.41 bits per heavy atom. The van der Waals surface area contributed by atoms with Gasteiger partial charge in [0.2, 0.25) is 10.0 Å². The zero-order valence-corrected chi connectivity index (χ0v) is 16.2. The van der Waals surface area contributed by atoms with E-state index < -0.39 is 10.0 Å². The lowest BCUT2D eigenvalue weighted by Gasteiger charge is -2.35. The van der Waals surface area contributed by atoms with Gasteiger partial charge in [-0.15, -0.1) is 10.2 Å². The Morgan fingerprint density at radius 1 is 1.04 bits per heavy atom. The third-order valence-electron chi connectivity index (χ3n) is 4.94. The number of aromatic nitrogens is 4. The summed E-state index contributed by atoms with van der Waals surface area (Å²) >= 11 is 0. The van der Waals surface area contributed by atoms with E-state index in [1.54, 1.807) is 33.5 Å². The lowest BCUT2D eigenvalue weighted by atomic mass is 10.0. The molecule has 0 saturated carbocycles. The maximum atomic E-state index is 12.9. The zero-order valence-electron chi connectivity index (χ0n) is 15.4. The standard InChI is InChI=1S/C18H22N6O2S/c1-14(2)15-3-5-17(6-4-15)27(25,26)23-9-7-22(8-10-23)16-11-18-21-19-13-24(18)20-12-16/h3-6,11-14H,7-10H2,1-2H3. The van der Waals surface area contributed by atoms with Crippen molar-refractivity contribution in [2.24, 2.45) is 0 Å². The molecule has 0 bridgehead atoms. The van der Waals surface area contributed by atoms with Crippen LogP contribution in [0.4, 0.5) is 5.69 Å². The van der Waals surface area contributed by atoms with Crippen LogP contribution in [0, 0.1) is 0 Å². The summed E-state index contributed by atoms with van der Waals surface area (Å²) in [7, 11) is -3.47. The number of anilines is 1. The molecule has 1 saturated heterocycles. The topological polar surface area (TPSA) is 83.7 Å². The van der Waals surface area contributed by atoms with Crippen LogP contribution in [0.25, 0.3) is 5.65 Å². The SMILES string of the molecule is CC(C)c1ccc(S(=O)(=O)N2CCN(c3cnn4cnnc4c3)CC2)cc1. The van der Waals surface area contributed by atoms with Gasteiger partial charge in [-0.05, 0) is 23.6 Å². The number of rotatable bonds is 4. The fourth-order valence-corrected chi connectivity index (χ4v) is 4.67. The molecular weight excluding hydrogens is 364 g/mol. The highest BCUT2D eigenvalue weighted by Crippen LogP contribution is 2.23. The summed E-state index contributed by atoms with van der Waals surface area (Å²) in [5.74, 6) is 0.376. The Balaban J connectivity index is 1.47. The number of sulfonamides is 1. The highest BCUT2D eigenvalue weighted by molar-refractivity contribution is 7.89. The minimum atomic E-state index is -3.47. The number of piperazine rings is 1. The molecule has 3 heterocycles. The maximum absolute atomic E-state index is 12.9. The highest BCUT2D eigenvalue weighted by atomic mass is 32.2. The largest absolute Gasteiger partial charge is 0.367 e. The molecule has 0 N–H and O–H groups in total. The first-order valence-electron chi connectivity index (χ1n) is 8.96. The summed E-state index contributed by atoms with van der Waals surface area (Å²) in [6.07, 6.45) is 3.30. The summed E-state index contributed by atoms with van der Waals surface area (Å²) in [5, 5.41) is 12.1. The van der Waals surface area contributed by atoms with E-state index in [-0.39, 0.29) is 0 Å². The molecule has 4 rings (SSSR count). The average molecular weight is 386 g/mol. The molecule has 0 amide bonds. The van der Waals surface area contributed by atoms with Crippen LogP contribution in [0.3, 0.4) is 0 Å². The second-order valence-corrected chi connectivity index (χ2v) is 8.90. The fraction of sp³-hybridized carbons (Fsp3) is 0.389. The van der Waals surface area contributed by atoms with E-state index in [0.717, 1.165) is 11.3 Å². The molecule has 3 aromatic rings. The van der Waals surface area contributed by atoms with E-state index in [1.165, 1.54) is 0 Å². The lowest BCUT2D eigenvalue weighted by Crippen LogP contribution is -2.48. The van der Waals surface area contributed by atoms with Crippen molar-refractivity contribution < 1.29 is 8.42 Å². The first kappa shape index (κ1) is 17.9. The quantitative estimate of drug-likeness (QED) is 0.679. The molecule has 1 aliphatic heterocycles. The third kappa shape index (κ3) is 3.40. The molecule has 27 heavy (non-hydrogen) atoms. The van der Waals surface area contributed by atoms with Gasteiger partial charge in [-0.25, -0.2) is 12.9 Å². The van der Waals surface area contributed by atoms with E-state index in [0.29, 0.717) is 42.6 Å². The Morgan fingerprint density at radius 2 is 1.74 bits per heavy atom. The van der Waals surface area contributed by atoms with Gasteiger partial charge in [0.1, 0.15) is 6.33 Å². The molecule has 9 heteroatoms. The summed E-state index contributed by atoms with van der Waals surface area (Å²) in [4.78, 5) is 2.47. The van der Waals surface area contributed by atoms with Crippen LogP contribution in [0.15, 0.2) is 47.8 Å². The van der Waals surface area contributed by atoms with Gasteiger partial charge in [-0.3, -0.25) is 0 Å². The Kier molecular flexibility index (Phi) is 4.56. The molecule has 1 aromatic carbocycles. The van der Waals surface area contributed by atoms with E-state index in [4.69, 9.17) is 0 Å². The van der Waals surface area contributed by atoms with Crippen molar-refractivity contribution in [3.63, 3.8) is 0 Å². The average Bonchev–Trinajstić information content (AvgIpc) is 3.16. The maximum Gasteiger partial charge on any atom is 0.243 e. The monoisotopic (exact) mass is 386 g/mol. The predicted octanol–water partition coefficient (Wildman–Crippen LogP) is 1.76. The van der Waals surface area contributed by atoms with E-state index in [9.17, 15) is 8.42 Å². The van der Waals surface area contributed by atoms with E-state index in [2.05, 4.69) is 34.0 Å². The van der Waals surface area contributed by atoms with Crippen LogP contribution in [0.2, 0.25) is 0 Å². The number of nitrogens with zero attached hydrogens (tertiary/aromatic N) is 6. The van der Waals surface area contributed by atoms with Crippen LogP contribution < -0.4 is 4.90 Å². The molecule has 142 valence electrons. The van der Waals surface area contributed by atoms with Crippen LogP contribution in [0.5, 0.6) is 0 Å². The minimum absolute atomic E-state index is 0.354. The van der Waals surface area contributed by atoms with Gasteiger partial charge in [-0.1, -0.05) is 26.0 Å². The van der Waals surface area contributed by atoms with Crippen LogP contribution >= 0.6 is 0 Å². The van der Waals surface area contributed by atoms with Crippen molar-refractivity contribution in [2.45, 2.75) is 24.7 Å². The Labute approximate surface area is 158 Å². The van der Waals surface area contributed by atoms with Crippen molar-refractivity contribution in [1.82, 2.24) is 24.1 Å². The van der Waals surface area contributed by atoms with Gasteiger partial charge in [-0.2, -0.15) is 9.40 Å². The first-order valence-corrected chi connectivity index (χ1v) is 10.4. The number of hydrogen-bond donors (Lipinski definition) is 0. The zero-order chi connectivity index (χ0) is 19.0. The summed E-state index contributed by atoms with van der Waals surface area (Å²) < 4.78 is 29.0. The predicted molar refractivity (Wildman–Crippen MR) is 102 cm³/mol. The second kappa shape index (κ2) is 6.90. The van der Waals surface area contributed by atoms with Gasteiger partial charge in [0.25, 0.3) is 0 Å². The second-order valence-electron chi connectivity index (χ2n) is 6.96. The fourth-order valence-electron chi connectivity index (χ4n) is 3.25. The summed E-state index contributed by atoms with van der Waals surface area (Å²) in [5.41, 5.74) is 2.73. The van der Waals surface area contributed by atoms with Crippen molar-refractivity contribution in [3.05, 3.63) is 48.4 Å². The molecule has 0 aliphatic carbocycles. The number of benzene rings is 1. The van der Waals surface area contributed by atoms with Crippen molar-refractivity contribution in [2.75, 3.05) is 31.1 Å². The smallest absolute Gasteiger partial charge is 0.243 e. The van der Waals surface area contributed by atoms with Gasteiger partial charge >= 0.3 is 0 Å². The highest BCUT2D eigenvalue weighted by Gasteiger charge is 2.28. The summed E-state index contributed by atoms with van der Waals surface area (Å²) in [6.45, 7) is 6.27. The molecule has 0 atom stereocenters. The lowest BCUT2D eigenvalue weighted by molar-refractivity contribution is 0.384. The molecular formula is C18H22N6O2S. The molecule has 0 spiro atoms. The van der Waals surface area contributed by atoms with Crippen LogP contribution in [0.1, 0.15) is 25.3 Å². The molecule has 1 aliphatic rings. The Bertz CT molecular complexity index is 1040. The molecule has 8 nitrogen and oxygen atoms in total. The normalized spacial score (nSPS) is 16.3. The van der Waals surface area contributed by atoms with E-state index in [1.807, 2.05) is 18.2 Å². The Hall–Kier alpha value is -2.52. The van der Waals surface area contributed by atoms with Gasteiger partial charge in [0.15, 0.2) is 5.65 Å². The molecule has 0 radical (unpaired) electrons. The van der Waals surface area contributed by atoms with E-state index >= 15 is 0 Å². The van der Waals surface area contributed by atoms with Crippen LogP contribution in [-0.4, -0.2) is 58.7 Å². The molecule has 0 unspecified atom stereocenters.